The van der Waals surface area contributed by atoms with E-state index in [0.717, 1.165) is 18.4 Å². The predicted molar refractivity (Wildman–Crippen MR) is 90.1 cm³/mol. The fourth-order valence-electron chi connectivity index (χ4n) is 3.64. The maximum atomic E-state index is 12.7. The second kappa shape index (κ2) is 5.59. The van der Waals surface area contributed by atoms with Gasteiger partial charge in [0.1, 0.15) is 0 Å². The molecule has 0 aliphatic heterocycles. The standard InChI is InChI=1S/C20H30O/c1-7-14(8-2)18(21)15-9-10-16-17(13-15)20(5,6)12-11-19(16,3)4/h9-10,13-14H,7-8,11-12H2,1-6H3. The summed E-state index contributed by atoms with van der Waals surface area (Å²) in [6, 6.07) is 6.46. The summed E-state index contributed by atoms with van der Waals surface area (Å²) in [4.78, 5) is 12.7. The highest BCUT2D eigenvalue weighted by Gasteiger charge is 2.37. The first-order valence-electron chi connectivity index (χ1n) is 8.42. The minimum Gasteiger partial charge on any atom is -0.294 e. The van der Waals surface area contributed by atoms with E-state index in [0.29, 0.717) is 5.78 Å². The zero-order valence-corrected chi connectivity index (χ0v) is 14.5. The molecule has 0 aromatic heterocycles. The Balaban J connectivity index is 2.49. The number of ketones is 1. The average Bonchev–Trinajstić information content (AvgIpc) is 2.45. The van der Waals surface area contributed by atoms with Gasteiger partial charge >= 0.3 is 0 Å². The first kappa shape index (κ1) is 16.3. The summed E-state index contributed by atoms with van der Waals surface area (Å²) < 4.78 is 0. The van der Waals surface area contributed by atoms with E-state index in [1.54, 1.807) is 0 Å². The van der Waals surface area contributed by atoms with Gasteiger partial charge in [-0.2, -0.15) is 0 Å². The number of benzene rings is 1. The van der Waals surface area contributed by atoms with E-state index in [4.69, 9.17) is 0 Å². The Morgan fingerprint density at radius 2 is 1.52 bits per heavy atom. The fraction of sp³-hybridized carbons (Fsp3) is 0.650. The van der Waals surface area contributed by atoms with Crippen LogP contribution in [-0.2, 0) is 10.8 Å². The molecule has 2 rings (SSSR count). The van der Waals surface area contributed by atoms with Gasteiger partial charge in [0.05, 0.1) is 0 Å². The lowest BCUT2D eigenvalue weighted by Gasteiger charge is -2.42. The molecule has 0 bridgehead atoms. The van der Waals surface area contributed by atoms with Crippen LogP contribution in [0.4, 0.5) is 0 Å². The van der Waals surface area contributed by atoms with Crippen LogP contribution in [0, 0.1) is 5.92 Å². The van der Waals surface area contributed by atoms with E-state index in [-0.39, 0.29) is 16.7 Å². The lowest BCUT2D eigenvalue weighted by molar-refractivity contribution is 0.0913. The molecule has 0 unspecified atom stereocenters. The smallest absolute Gasteiger partial charge is 0.165 e. The normalized spacial score (nSPS) is 19.4. The molecule has 0 saturated carbocycles. The van der Waals surface area contributed by atoms with Crippen LogP contribution in [0.2, 0.25) is 0 Å². The molecule has 0 saturated heterocycles. The van der Waals surface area contributed by atoms with E-state index in [1.807, 2.05) is 0 Å². The Morgan fingerprint density at radius 3 is 2.05 bits per heavy atom. The van der Waals surface area contributed by atoms with E-state index in [2.05, 4.69) is 59.7 Å². The minimum absolute atomic E-state index is 0.169. The molecule has 21 heavy (non-hydrogen) atoms. The summed E-state index contributed by atoms with van der Waals surface area (Å²) in [5, 5.41) is 0. The highest BCUT2D eigenvalue weighted by Crippen LogP contribution is 2.46. The maximum Gasteiger partial charge on any atom is 0.165 e. The average molecular weight is 286 g/mol. The summed E-state index contributed by atoms with van der Waals surface area (Å²) in [5.74, 6) is 0.491. The van der Waals surface area contributed by atoms with Crippen LogP contribution in [0.5, 0.6) is 0 Å². The summed E-state index contributed by atoms with van der Waals surface area (Å²) in [5.41, 5.74) is 4.12. The molecular weight excluding hydrogens is 256 g/mol. The van der Waals surface area contributed by atoms with Crippen molar-refractivity contribution in [3.05, 3.63) is 34.9 Å². The number of carbonyl (C=O) groups excluding carboxylic acids is 1. The SMILES string of the molecule is CCC(CC)C(=O)c1ccc2c(c1)C(C)(C)CCC2(C)C. The Labute approximate surface area is 130 Å². The Kier molecular flexibility index (Phi) is 4.33. The van der Waals surface area contributed by atoms with Gasteiger partial charge in [-0.1, -0.05) is 53.7 Å². The third-order valence-electron chi connectivity index (χ3n) is 5.49. The second-order valence-corrected chi connectivity index (χ2v) is 7.91. The number of fused-ring (bicyclic) bond motifs is 1. The van der Waals surface area contributed by atoms with E-state index in [1.165, 1.54) is 24.0 Å². The molecule has 116 valence electrons. The number of hydrogen-bond acceptors (Lipinski definition) is 1. The van der Waals surface area contributed by atoms with Gasteiger partial charge in [0.15, 0.2) is 5.78 Å². The number of rotatable bonds is 4. The minimum atomic E-state index is 0.169. The molecule has 0 spiro atoms. The van der Waals surface area contributed by atoms with Crippen molar-refractivity contribution in [2.24, 2.45) is 5.92 Å². The van der Waals surface area contributed by atoms with E-state index >= 15 is 0 Å². The van der Waals surface area contributed by atoms with Crippen molar-refractivity contribution in [1.29, 1.82) is 0 Å². The zero-order valence-electron chi connectivity index (χ0n) is 14.5. The van der Waals surface area contributed by atoms with Gasteiger partial charge in [-0.15, -0.1) is 0 Å². The van der Waals surface area contributed by atoms with Crippen molar-refractivity contribution < 1.29 is 4.79 Å². The van der Waals surface area contributed by atoms with Gasteiger partial charge in [-0.3, -0.25) is 4.79 Å². The Morgan fingerprint density at radius 1 is 1.00 bits per heavy atom. The molecule has 0 N–H and O–H groups in total. The van der Waals surface area contributed by atoms with Gasteiger partial charge in [0.2, 0.25) is 0 Å². The molecule has 1 heteroatoms. The Hall–Kier alpha value is -1.11. The lowest BCUT2D eigenvalue weighted by Crippen LogP contribution is -2.34. The van der Waals surface area contributed by atoms with Gasteiger partial charge in [-0.05, 0) is 53.7 Å². The number of hydrogen-bond donors (Lipinski definition) is 0. The highest BCUT2D eigenvalue weighted by atomic mass is 16.1. The predicted octanol–water partition coefficient (Wildman–Crippen LogP) is 5.65. The van der Waals surface area contributed by atoms with Crippen molar-refractivity contribution >= 4 is 5.78 Å². The molecule has 1 aromatic rings. The first-order chi connectivity index (χ1) is 9.73. The second-order valence-electron chi connectivity index (χ2n) is 7.91. The van der Waals surface area contributed by atoms with Crippen LogP contribution in [0.25, 0.3) is 0 Å². The third-order valence-corrected chi connectivity index (χ3v) is 5.49. The maximum absolute atomic E-state index is 12.7. The topological polar surface area (TPSA) is 17.1 Å². The van der Waals surface area contributed by atoms with E-state index in [9.17, 15) is 4.79 Å². The molecular formula is C20H30O. The molecule has 1 aliphatic rings. The summed E-state index contributed by atoms with van der Waals surface area (Å²) >= 11 is 0. The van der Waals surface area contributed by atoms with Gasteiger partial charge in [0, 0.05) is 11.5 Å². The largest absolute Gasteiger partial charge is 0.294 e. The van der Waals surface area contributed by atoms with Crippen LogP contribution in [0.15, 0.2) is 18.2 Å². The molecule has 0 atom stereocenters. The highest BCUT2D eigenvalue weighted by molar-refractivity contribution is 5.98. The molecule has 1 aromatic carbocycles. The van der Waals surface area contributed by atoms with E-state index < -0.39 is 0 Å². The number of Topliss-reactive ketones (excluding diaryl/α,β-unsaturated/α-hetero) is 1. The third kappa shape index (κ3) is 2.93. The van der Waals surface area contributed by atoms with Gasteiger partial charge in [0.25, 0.3) is 0 Å². The van der Waals surface area contributed by atoms with Crippen LogP contribution in [0.1, 0.15) is 88.7 Å². The van der Waals surface area contributed by atoms with Gasteiger partial charge < -0.3 is 0 Å². The zero-order chi connectivity index (χ0) is 15.8. The molecule has 0 fully saturated rings. The van der Waals surface area contributed by atoms with Gasteiger partial charge in [-0.25, -0.2) is 0 Å². The summed E-state index contributed by atoms with van der Waals surface area (Å²) in [7, 11) is 0. The Bertz CT molecular complexity index is 533. The van der Waals surface area contributed by atoms with Crippen molar-refractivity contribution in [2.75, 3.05) is 0 Å². The van der Waals surface area contributed by atoms with Crippen molar-refractivity contribution in [2.45, 2.75) is 78.1 Å². The van der Waals surface area contributed by atoms with Crippen molar-refractivity contribution in [3.63, 3.8) is 0 Å². The van der Waals surface area contributed by atoms with Crippen molar-refractivity contribution in [3.8, 4) is 0 Å². The molecule has 0 heterocycles. The molecule has 0 radical (unpaired) electrons. The summed E-state index contributed by atoms with van der Waals surface area (Å²) in [6.45, 7) is 13.5. The van der Waals surface area contributed by atoms with Crippen LogP contribution in [-0.4, -0.2) is 5.78 Å². The first-order valence-corrected chi connectivity index (χ1v) is 8.42. The van der Waals surface area contributed by atoms with Crippen LogP contribution >= 0.6 is 0 Å². The number of carbonyl (C=O) groups is 1. The molecule has 0 amide bonds. The molecule has 1 nitrogen and oxygen atoms in total. The van der Waals surface area contributed by atoms with Crippen LogP contribution in [0.3, 0.4) is 0 Å². The fourth-order valence-corrected chi connectivity index (χ4v) is 3.64. The quantitative estimate of drug-likeness (QED) is 0.653. The lowest BCUT2D eigenvalue weighted by atomic mass is 9.63. The molecule has 1 aliphatic carbocycles. The van der Waals surface area contributed by atoms with Crippen molar-refractivity contribution in [1.82, 2.24) is 0 Å². The summed E-state index contributed by atoms with van der Waals surface area (Å²) in [6.07, 6.45) is 4.27. The van der Waals surface area contributed by atoms with Crippen LogP contribution < -0.4 is 0 Å². The monoisotopic (exact) mass is 286 g/mol.